The molecule has 0 radical (unpaired) electrons. The maximum atomic E-state index is 4.43. The van der Waals surface area contributed by atoms with Gasteiger partial charge in [-0.15, -0.1) is 5.10 Å². The van der Waals surface area contributed by atoms with Crippen LogP contribution in [0.3, 0.4) is 0 Å². The molecule has 3 heteroatoms. The van der Waals surface area contributed by atoms with Crippen molar-refractivity contribution in [3.05, 3.63) is 54.7 Å². The zero-order chi connectivity index (χ0) is 10.1. The number of rotatable bonds is 1. The summed E-state index contributed by atoms with van der Waals surface area (Å²) >= 11 is 0. The van der Waals surface area contributed by atoms with Crippen LogP contribution in [0.25, 0.3) is 17.0 Å². The Morgan fingerprint density at radius 1 is 0.867 bits per heavy atom. The summed E-state index contributed by atoms with van der Waals surface area (Å²) in [5.74, 6) is 0.766. The van der Waals surface area contributed by atoms with Crippen LogP contribution in [0.1, 0.15) is 0 Å². The second kappa shape index (κ2) is 3.20. The van der Waals surface area contributed by atoms with Crippen LogP contribution in [-0.2, 0) is 0 Å². The molecule has 3 nitrogen and oxygen atoms in total. The summed E-state index contributed by atoms with van der Waals surface area (Å²) in [6.45, 7) is 0. The molecule has 0 bridgehead atoms. The van der Waals surface area contributed by atoms with Crippen molar-refractivity contribution in [1.29, 1.82) is 0 Å². The van der Waals surface area contributed by atoms with E-state index in [0.717, 1.165) is 17.0 Å². The predicted octanol–water partition coefficient (Wildman–Crippen LogP) is 2.40. The maximum Gasteiger partial charge on any atom is 0.182 e. The van der Waals surface area contributed by atoms with Crippen LogP contribution in [0.4, 0.5) is 0 Å². The van der Waals surface area contributed by atoms with Crippen LogP contribution in [0.15, 0.2) is 54.7 Å². The summed E-state index contributed by atoms with van der Waals surface area (Å²) in [5.41, 5.74) is 1.91. The third-order valence-electron chi connectivity index (χ3n) is 2.27. The van der Waals surface area contributed by atoms with E-state index in [1.165, 1.54) is 0 Å². The fourth-order valence-electron chi connectivity index (χ4n) is 1.54. The van der Waals surface area contributed by atoms with Gasteiger partial charge in [-0.3, -0.25) is 0 Å². The van der Waals surface area contributed by atoms with Crippen molar-refractivity contribution in [2.24, 2.45) is 0 Å². The molecular formula is C12H9N3. The third-order valence-corrected chi connectivity index (χ3v) is 2.27. The van der Waals surface area contributed by atoms with Crippen LogP contribution in [0.5, 0.6) is 0 Å². The van der Waals surface area contributed by atoms with Crippen LogP contribution >= 0.6 is 0 Å². The molecule has 0 unspecified atom stereocenters. The highest BCUT2D eigenvalue weighted by Gasteiger charge is 2.03. The van der Waals surface area contributed by atoms with Gasteiger partial charge in [0.1, 0.15) is 0 Å². The van der Waals surface area contributed by atoms with E-state index >= 15 is 0 Å². The molecule has 15 heavy (non-hydrogen) atoms. The lowest BCUT2D eigenvalue weighted by atomic mass is 10.2. The van der Waals surface area contributed by atoms with E-state index in [4.69, 9.17) is 0 Å². The van der Waals surface area contributed by atoms with Gasteiger partial charge in [0, 0.05) is 11.8 Å². The molecule has 0 aliphatic carbocycles. The zero-order valence-corrected chi connectivity index (χ0v) is 8.04. The van der Waals surface area contributed by atoms with Gasteiger partial charge in [-0.25, -0.2) is 9.50 Å². The number of benzene rings is 1. The monoisotopic (exact) mass is 195 g/mol. The van der Waals surface area contributed by atoms with Crippen LogP contribution in [-0.4, -0.2) is 14.6 Å². The number of pyridine rings is 1. The molecule has 0 N–H and O–H groups in total. The Kier molecular flexibility index (Phi) is 1.75. The first kappa shape index (κ1) is 8.17. The maximum absolute atomic E-state index is 4.43. The number of nitrogens with zero attached hydrogens (tertiary/aromatic N) is 3. The molecular weight excluding hydrogens is 186 g/mol. The molecule has 2 aromatic heterocycles. The molecule has 0 amide bonds. The average molecular weight is 195 g/mol. The van der Waals surface area contributed by atoms with Crippen molar-refractivity contribution < 1.29 is 0 Å². The average Bonchev–Trinajstić information content (AvgIpc) is 2.74. The van der Waals surface area contributed by atoms with Crippen molar-refractivity contribution in [2.45, 2.75) is 0 Å². The van der Waals surface area contributed by atoms with Gasteiger partial charge in [0.25, 0.3) is 0 Å². The Bertz CT molecular complexity index is 551. The summed E-state index contributed by atoms with van der Waals surface area (Å²) in [4.78, 5) is 4.43. The lowest BCUT2D eigenvalue weighted by molar-refractivity contribution is 0.966. The van der Waals surface area contributed by atoms with Crippen LogP contribution in [0.2, 0.25) is 0 Å². The molecule has 2 heterocycles. The van der Waals surface area contributed by atoms with E-state index in [1.807, 2.05) is 54.7 Å². The van der Waals surface area contributed by atoms with E-state index in [9.17, 15) is 0 Å². The van der Waals surface area contributed by atoms with Gasteiger partial charge in [0.05, 0.1) is 0 Å². The topological polar surface area (TPSA) is 30.2 Å². The normalized spacial score (nSPS) is 10.7. The second-order valence-corrected chi connectivity index (χ2v) is 3.30. The molecule has 0 saturated heterocycles. The Hall–Kier alpha value is -2.16. The molecule has 3 rings (SSSR count). The largest absolute Gasteiger partial charge is 0.221 e. The highest BCUT2D eigenvalue weighted by molar-refractivity contribution is 5.57. The van der Waals surface area contributed by atoms with E-state index in [-0.39, 0.29) is 0 Å². The van der Waals surface area contributed by atoms with Crippen LogP contribution in [0, 0.1) is 0 Å². The number of fused-ring (bicyclic) bond motifs is 1. The van der Waals surface area contributed by atoms with E-state index < -0.39 is 0 Å². The second-order valence-electron chi connectivity index (χ2n) is 3.30. The zero-order valence-electron chi connectivity index (χ0n) is 8.04. The quantitative estimate of drug-likeness (QED) is 0.596. The number of hydrogen-bond donors (Lipinski definition) is 0. The van der Waals surface area contributed by atoms with Gasteiger partial charge in [0.2, 0.25) is 0 Å². The fraction of sp³-hybridized carbons (Fsp3) is 0. The minimum Gasteiger partial charge on any atom is -0.221 e. The van der Waals surface area contributed by atoms with Gasteiger partial charge in [-0.2, -0.15) is 0 Å². The molecule has 0 atom stereocenters. The highest BCUT2D eigenvalue weighted by atomic mass is 15.3. The third kappa shape index (κ3) is 1.38. The van der Waals surface area contributed by atoms with Gasteiger partial charge in [-0.05, 0) is 12.1 Å². The van der Waals surface area contributed by atoms with Crippen molar-refractivity contribution >= 4 is 5.65 Å². The molecule has 0 fully saturated rings. The minimum atomic E-state index is 0.766. The smallest absolute Gasteiger partial charge is 0.182 e. The van der Waals surface area contributed by atoms with Gasteiger partial charge >= 0.3 is 0 Å². The molecule has 3 aromatic rings. The summed E-state index contributed by atoms with van der Waals surface area (Å²) in [6, 6.07) is 15.8. The van der Waals surface area contributed by atoms with Crippen molar-refractivity contribution in [3.63, 3.8) is 0 Å². The van der Waals surface area contributed by atoms with Crippen molar-refractivity contribution in [1.82, 2.24) is 14.6 Å². The first-order chi connectivity index (χ1) is 7.43. The molecule has 1 aromatic carbocycles. The Morgan fingerprint density at radius 2 is 1.67 bits per heavy atom. The lowest BCUT2D eigenvalue weighted by Gasteiger charge is -1.91. The summed E-state index contributed by atoms with van der Waals surface area (Å²) in [7, 11) is 0. The van der Waals surface area contributed by atoms with Gasteiger partial charge < -0.3 is 0 Å². The van der Waals surface area contributed by atoms with E-state index in [2.05, 4.69) is 10.1 Å². The Balaban J connectivity index is 2.21. The SMILES string of the molecule is c1ccc(-c2nc3ccccn3n2)cc1. The Labute approximate surface area is 87.0 Å². The van der Waals surface area contributed by atoms with E-state index in [1.54, 1.807) is 4.52 Å². The lowest BCUT2D eigenvalue weighted by Crippen LogP contribution is -1.84. The van der Waals surface area contributed by atoms with Crippen molar-refractivity contribution in [3.8, 4) is 11.4 Å². The summed E-state index contributed by atoms with van der Waals surface area (Å²) in [5, 5.41) is 4.39. The number of hydrogen-bond acceptors (Lipinski definition) is 2. The first-order valence-electron chi connectivity index (χ1n) is 4.80. The molecule has 72 valence electrons. The Morgan fingerprint density at radius 3 is 2.47 bits per heavy atom. The summed E-state index contributed by atoms with van der Waals surface area (Å²) in [6.07, 6.45) is 1.90. The molecule has 0 spiro atoms. The standard InChI is InChI=1S/C12H9N3/c1-2-6-10(7-3-1)12-13-11-8-4-5-9-15(11)14-12/h1-9H. The minimum absolute atomic E-state index is 0.766. The van der Waals surface area contributed by atoms with E-state index in [0.29, 0.717) is 0 Å². The fourth-order valence-corrected chi connectivity index (χ4v) is 1.54. The first-order valence-corrected chi connectivity index (χ1v) is 4.80. The van der Waals surface area contributed by atoms with Gasteiger partial charge in [-0.1, -0.05) is 36.4 Å². The molecule has 0 aliphatic heterocycles. The summed E-state index contributed by atoms with van der Waals surface area (Å²) < 4.78 is 1.78. The predicted molar refractivity (Wildman–Crippen MR) is 58.4 cm³/mol. The molecule has 0 aliphatic rings. The van der Waals surface area contributed by atoms with Crippen molar-refractivity contribution in [2.75, 3.05) is 0 Å². The molecule has 0 saturated carbocycles. The van der Waals surface area contributed by atoms with Gasteiger partial charge in [0.15, 0.2) is 11.5 Å². The number of aromatic nitrogens is 3. The highest BCUT2D eigenvalue weighted by Crippen LogP contribution is 2.14. The van der Waals surface area contributed by atoms with Crippen LogP contribution < -0.4 is 0 Å².